The van der Waals surface area contributed by atoms with Gasteiger partial charge in [-0.2, -0.15) is 4.31 Å². The summed E-state index contributed by atoms with van der Waals surface area (Å²) in [7, 11) is -3.43. The van der Waals surface area contributed by atoms with Crippen LogP contribution in [0, 0.1) is 0 Å². The molecule has 0 aromatic heterocycles. The molecule has 130 valence electrons. The Morgan fingerprint density at radius 3 is 2.58 bits per heavy atom. The van der Waals surface area contributed by atoms with E-state index in [2.05, 4.69) is 6.92 Å². The number of hydrogen-bond acceptors (Lipinski definition) is 3. The van der Waals surface area contributed by atoms with Crippen LogP contribution in [0.4, 0.5) is 0 Å². The van der Waals surface area contributed by atoms with Crippen molar-refractivity contribution in [2.24, 2.45) is 0 Å². The summed E-state index contributed by atoms with van der Waals surface area (Å²) in [5, 5.41) is 1.91. The minimum atomic E-state index is -3.43. The Morgan fingerprint density at radius 2 is 1.83 bits per heavy atom. The molecule has 0 N–H and O–H groups in total. The highest BCUT2D eigenvalue weighted by atomic mass is 32.2. The zero-order valence-electron chi connectivity index (χ0n) is 14.4. The van der Waals surface area contributed by atoms with Crippen molar-refractivity contribution >= 4 is 20.8 Å². The fraction of sp³-hybridized carbons (Fsp3) is 0.474. The first-order chi connectivity index (χ1) is 11.6. The van der Waals surface area contributed by atoms with Crippen molar-refractivity contribution in [1.29, 1.82) is 0 Å². The number of fused-ring (bicyclic) bond motifs is 1. The van der Waals surface area contributed by atoms with Crippen LogP contribution >= 0.6 is 0 Å². The summed E-state index contributed by atoms with van der Waals surface area (Å²) < 4.78 is 33.4. The summed E-state index contributed by atoms with van der Waals surface area (Å²) in [4.78, 5) is 0.388. The van der Waals surface area contributed by atoms with Gasteiger partial charge < -0.3 is 4.74 Å². The molecule has 0 saturated carbocycles. The molecule has 3 rings (SSSR count). The molecule has 0 amide bonds. The smallest absolute Gasteiger partial charge is 0.243 e. The van der Waals surface area contributed by atoms with E-state index in [1.165, 1.54) is 0 Å². The molecule has 2 aromatic rings. The second-order valence-electron chi connectivity index (χ2n) is 6.28. The fourth-order valence-electron chi connectivity index (χ4n) is 3.45. The largest absolute Gasteiger partial charge is 0.494 e. The molecule has 1 atom stereocenters. The van der Waals surface area contributed by atoms with Gasteiger partial charge in [0.2, 0.25) is 10.0 Å². The summed E-state index contributed by atoms with van der Waals surface area (Å²) >= 11 is 0. The SMILES string of the molecule is CCOc1ccc2cc(S(=O)(=O)N3CCCCC3CC)ccc2c1. The summed E-state index contributed by atoms with van der Waals surface area (Å²) in [6.07, 6.45) is 3.88. The molecular weight excluding hydrogens is 322 g/mol. The van der Waals surface area contributed by atoms with E-state index in [0.717, 1.165) is 42.2 Å². The minimum absolute atomic E-state index is 0.125. The summed E-state index contributed by atoms with van der Waals surface area (Å²) in [6.45, 7) is 5.25. The van der Waals surface area contributed by atoms with E-state index in [-0.39, 0.29) is 6.04 Å². The van der Waals surface area contributed by atoms with Crippen molar-refractivity contribution in [3.63, 3.8) is 0 Å². The first-order valence-corrected chi connectivity index (χ1v) is 10.2. The lowest BCUT2D eigenvalue weighted by Crippen LogP contribution is -2.43. The van der Waals surface area contributed by atoms with E-state index in [1.807, 2.05) is 31.2 Å². The van der Waals surface area contributed by atoms with Crippen LogP contribution in [0.5, 0.6) is 5.75 Å². The van der Waals surface area contributed by atoms with E-state index < -0.39 is 10.0 Å². The second kappa shape index (κ2) is 7.11. The average Bonchev–Trinajstić information content (AvgIpc) is 2.61. The van der Waals surface area contributed by atoms with Crippen LogP contribution in [0.2, 0.25) is 0 Å². The molecule has 1 aliphatic heterocycles. The summed E-state index contributed by atoms with van der Waals surface area (Å²) in [5.41, 5.74) is 0. The zero-order valence-corrected chi connectivity index (χ0v) is 15.2. The Morgan fingerprint density at radius 1 is 1.08 bits per heavy atom. The number of rotatable bonds is 5. The zero-order chi connectivity index (χ0) is 17.2. The lowest BCUT2D eigenvalue weighted by Gasteiger charge is -2.34. The molecule has 1 fully saturated rings. The van der Waals surface area contributed by atoms with Crippen LogP contribution in [-0.4, -0.2) is 31.9 Å². The molecule has 1 heterocycles. The first kappa shape index (κ1) is 17.2. The Kier molecular flexibility index (Phi) is 5.11. The van der Waals surface area contributed by atoms with Gasteiger partial charge in [-0.25, -0.2) is 8.42 Å². The third-order valence-corrected chi connectivity index (χ3v) is 6.69. The number of ether oxygens (including phenoxy) is 1. The summed E-state index contributed by atoms with van der Waals surface area (Å²) in [6, 6.07) is 11.3. The Bertz CT molecular complexity index is 816. The molecule has 4 nitrogen and oxygen atoms in total. The Balaban J connectivity index is 1.97. The molecule has 0 radical (unpaired) electrons. The van der Waals surface area contributed by atoms with E-state index in [0.29, 0.717) is 18.0 Å². The highest BCUT2D eigenvalue weighted by Gasteiger charge is 2.32. The number of hydrogen-bond donors (Lipinski definition) is 0. The van der Waals surface area contributed by atoms with Crippen LogP contribution in [0.15, 0.2) is 41.3 Å². The van der Waals surface area contributed by atoms with Crippen LogP contribution in [0.1, 0.15) is 39.5 Å². The minimum Gasteiger partial charge on any atom is -0.494 e. The van der Waals surface area contributed by atoms with Gasteiger partial charge in [0.1, 0.15) is 5.75 Å². The predicted octanol–water partition coefficient (Wildman–Crippen LogP) is 4.19. The van der Waals surface area contributed by atoms with E-state index in [9.17, 15) is 8.42 Å². The normalized spacial score (nSPS) is 19.5. The van der Waals surface area contributed by atoms with Crippen LogP contribution in [0.25, 0.3) is 10.8 Å². The Labute approximate surface area is 144 Å². The van der Waals surface area contributed by atoms with Gasteiger partial charge in [-0.1, -0.05) is 25.5 Å². The van der Waals surface area contributed by atoms with E-state index in [4.69, 9.17) is 4.74 Å². The van der Waals surface area contributed by atoms with Gasteiger partial charge in [-0.3, -0.25) is 0 Å². The van der Waals surface area contributed by atoms with Crippen molar-refractivity contribution in [2.75, 3.05) is 13.2 Å². The molecule has 1 saturated heterocycles. The first-order valence-electron chi connectivity index (χ1n) is 8.74. The maximum absolute atomic E-state index is 13.1. The quantitative estimate of drug-likeness (QED) is 0.815. The Hall–Kier alpha value is -1.59. The lowest BCUT2D eigenvalue weighted by atomic mass is 10.0. The number of piperidine rings is 1. The number of benzene rings is 2. The van der Waals surface area contributed by atoms with Gasteiger partial charge >= 0.3 is 0 Å². The topological polar surface area (TPSA) is 46.6 Å². The van der Waals surface area contributed by atoms with Gasteiger partial charge in [-0.15, -0.1) is 0 Å². The highest BCUT2D eigenvalue weighted by Crippen LogP contribution is 2.29. The number of sulfonamides is 1. The molecule has 0 aliphatic carbocycles. The maximum Gasteiger partial charge on any atom is 0.243 e. The average molecular weight is 347 g/mol. The fourth-order valence-corrected chi connectivity index (χ4v) is 5.26. The molecule has 24 heavy (non-hydrogen) atoms. The maximum atomic E-state index is 13.1. The molecule has 0 bridgehead atoms. The standard InChI is InChI=1S/C19H25NO3S/c1-3-17-7-5-6-12-20(17)24(21,22)19-11-9-15-13-18(23-4-2)10-8-16(15)14-19/h8-11,13-14,17H,3-7,12H2,1-2H3. The molecular formula is C19H25NO3S. The van der Waals surface area contributed by atoms with E-state index >= 15 is 0 Å². The summed E-state index contributed by atoms with van der Waals surface area (Å²) in [5.74, 6) is 0.808. The highest BCUT2D eigenvalue weighted by molar-refractivity contribution is 7.89. The van der Waals surface area contributed by atoms with Crippen molar-refractivity contribution in [2.45, 2.75) is 50.5 Å². The lowest BCUT2D eigenvalue weighted by molar-refractivity contribution is 0.246. The molecule has 2 aromatic carbocycles. The van der Waals surface area contributed by atoms with Crippen LogP contribution in [0.3, 0.4) is 0 Å². The van der Waals surface area contributed by atoms with Crippen molar-refractivity contribution in [3.8, 4) is 5.75 Å². The molecule has 5 heteroatoms. The van der Waals surface area contributed by atoms with E-state index in [1.54, 1.807) is 16.4 Å². The van der Waals surface area contributed by atoms with Crippen molar-refractivity contribution in [1.82, 2.24) is 4.31 Å². The molecule has 1 aliphatic rings. The van der Waals surface area contributed by atoms with Gasteiger partial charge in [0.25, 0.3) is 0 Å². The van der Waals surface area contributed by atoms with Crippen molar-refractivity contribution < 1.29 is 13.2 Å². The van der Waals surface area contributed by atoms with Gasteiger partial charge in [-0.05, 0) is 61.2 Å². The monoisotopic (exact) mass is 347 g/mol. The van der Waals surface area contributed by atoms with Gasteiger partial charge in [0, 0.05) is 12.6 Å². The van der Waals surface area contributed by atoms with Crippen LogP contribution in [-0.2, 0) is 10.0 Å². The molecule has 1 unspecified atom stereocenters. The predicted molar refractivity (Wildman–Crippen MR) is 96.9 cm³/mol. The van der Waals surface area contributed by atoms with Crippen LogP contribution < -0.4 is 4.74 Å². The van der Waals surface area contributed by atoms with Crippen molar-refractivity contribution in [3.05, 3.63) is 36.4 Å². The second-order valence-corrected chi connectivity index (χ2v) is 8.17. The number of nitrogens with zero attached hydrogens (tertiary/aromatic N) is 1. The third kappa shape index (κ3) is 3.28. The third-order valence-electron chi connectivity index (χ3n) is 4.75. The van der Waals surface area contributed by atoms with Gasteiger partial charge in [0.15, 0.2) is 0 Å². The van der Waals surface area contributed by atoms with Gasteiger partial charge in [0.05, 0.1) is 11.5 Å². The molecule has 0 spiro atoms.